The van der Waals surface area contributed by atoms with Crippen LogP contribution in [-0.4, -0.2) is 6.18 Å². The first-order valence-electron chi connectivity index (χ1n) is 6.02. The fourth-order valence-electron chi connectivity index (χ4n) is 2.08. The van der Waals surface area contributed by atoms with Gasteiger partial charge in [0.2, 0.25) is 0 Å². The summed E-state index contributed by atoms with van der Waals surface area (Å²) in [6.45, 7) is 0. The van der Waals surface area contributed by atoms with E-state index in [-0.39, 0.29) is 6.42 Å². The minimum absolute atomic E-state index is 0.233. The zero-order valence-corrected chi connectivity index (χ0v) is 10.6. The zero-order chi connectivity index (χ0) is 15.7. The van der Waals surface area contributed by atoms with E-state index in [0.29, 0.717) is 0 Å². The summed E-state index contributed by atoms with van der Waals surface area (Å²) in [5.41, 5.74) is -3.10. The molecule has 1 aromatic rings. The number of allylic oxidation sites excluding steroid dienone is 6. The van der Waals surface area contributed by atoms with Crippen LogP contribution in [0.5, 0.6) is 0 Å². The molecule has 0 radical (unpaired) electrons. The summed E-state index contributed by atoms with van der Waals surface area (Å²) in [5.74, 6) is 0. The van der Waals surface area contributed by atoms with E-state index < -0.39 is 34.6 Å². The second kappa shape index (κ2) is 5.42. The molecule has 1 aliphatic carbocycles. The summed E-state index contributed by atoms with van der Waals surface area (Å²) in [6, 6.07) is 4.26. The average molecular weight is 304 g/mol. The van der Waals surface area contributed by atoms with Crippen LogP contribution in [0.3, 0.4) is 0 Å². The molecule has 0 saturated heterocycles. The first kappa shape index (κ1) is 15.4. The predicted octanol–water partition coefficient (Wildman–Crippen LogP) is 5.54. The standard InChI is InChI=1S/C15H10F6/c16-14(17,18)12-8-3-1-2-6-10(12)11-7-4-5-9-13(11)15(19,20)21/h2-9H,1H2. The predicted molar refractivity (Wildman–Crippen MR) is 67.3 cm³/mol. The lowest BCUT2D eigenvalue weighted by Gasteiger charge is -2.17. The Morgan fingerprint density at radius 1 is 0.762 bits per heavy atom. The summed E-state index contributed by atoms with van der Waals surface area (Å²) >= 11 is 0. The number of benzene rings is 1. The molecule has 0 aromatic heterocycles. The van der Waals surface area contributed by atoms with Gasteiger partial charge in [0.1, 0.15) is 0 Å². The van der Waals surface area contributed by atoms with E-state index in [1.165, 1.54) is 18.2 Å². The van der Waals surface area contributed by atoms with Crippen molar-refractivity contribution in [1.29, 1.82) is 0 Å². The molecule has 0 spiro atoms. The van der Waals surface area contributed by atoms with E-state index in [4.69, 9.17) is 0 Å². The molecule has 2 rings (SSSR count). The van der Waals surface area contributed by atoms with Gasteiger partial charge in [0.15, 0.2) is 0 Å². The molecule has 0 aliphatic heterocycles. The second-order valence-electron chi connectivity index (χ2n) is 4.41. The van der Waals surface area contributed by atoms with Gasteiger partial charge in [-0.25, -0.2) is 0 Å². The molecular formula is C15H10F6. The van der Waals surface area contributed by atoms with E-state index in [0.717, 1.165) is 30.4 Å². The van der Waals surface area contributed by atoms with Crippen LogP contribution in [0.25, 0.3) is 5.57 Å². The van der Waals surface area contributed by atoms with E-state index >= 15 is 0 Å². The van der Waals surface area contributed by atoms with Crippen LogP contribution >= 0.6 is 0 Å². The van der Waals surface area contributed by atoms with Crippen molar-refractivity contribution >= 4 is 5.57 Å². The Hall–Kier alpha value is -1.98. The Morgan fingerprint density at radius 3 is 2.00 bits per heavy atom. The molecule has 0 fully saturated rings. The fraction of sp³-hybridized carbons (Fsp3) is 0.200. The van der Waals surface area contributed by atoms with Gasteiger partial charge in [-0.1, -0.05) is 42.5 Å². The molecule has 0 atom stereocenters. The van der Waals surface area contributed by atoms with Gasteiger partial charge in [0, 0.05) is 0 Å². The largest absolute Gasteiger partial charge is 0.417 e. The van der Waals surface area contributed by atoms with Crippen molar-refractivity contribution in [2.75, 3.05) is 0 Å². The highest BCUT2D eigenvalue weighted by molar-refractivity contribution is 5.81. The Kier molecular flexibility index (Phi) is 3.98. The van der Waals surface area contributed by atoms with Gasteiger partial charge in [-0.15, -0.1) is 0 Å². The Labute approximate surface area is 117 Å². The monoisotopic (exact) mass is 304 g/mol. The number of hydrogen-bond acceptors (Lipinski definition) is 0. The third-order valence-electron chi connectivity index (χ3n) is 2.96. The van der Waals surface area contributed by atoms with Gasteiger partial charge in [-0.05, 0) is 23.6 Å². The normalized spacial score (nSPS) is 16.3. The van der Waals surface area contributed by atoms with E-state index in [1.807, 2.05) is 0 Å². The van der Waals surface area contributed by atoms with Crippen molar-refractivity contribution in [1.82, 2.24) is 0 Å². The van der Waals surface area contributed by atoms with Crippen molar-refractivity contribution < 1.29 is 26.3 Å². The minimum Gasteiger partial charge on any atom is -0.166 e. The van der Waals surface area contributed by atoms with Crippen molar-refractivity contribution in [3.8, 4) is 0 Å². The van der Waals surface area contributed by atoms with Crippen LogP contribution < -0.4 is 0 Å². The van der Waals surface area contributed by atoms with Crippen LogP contribution in [0, 0.1) is 0 Å². The van der Waals surface area contributed by atoms with Gasteiger partial charge in [0.05, 0.1) is 11.1 Å². The summed E-state index contributed by atoms with van der Waals surface area (Å²) in [5, 5.41) is 0. The maximum absolute atomic E-state index is 13.1. The summed E-state index contributed by atoms with van der Waals surface area (Å²) in [7, 11) is 0. The van der Waals surface area contributed by atoms with Crippen LogP contribution in [-0.2, 0) is 6.18 Å². The topological polar surface area (TPSA) is 0 Å². The molecule has 21 heavy (non-hydrogen) atoms. The highest BCUT2D eigenvalue weighted by atomic mass is 19.4. The highest BCUT2D eigenvalue weighted by Crippen LogP contribution is 2.40. The second-order valence-corrected chi connectivity index (χ2v) is 4.41. The molecule has 0 amide bonds. The molecule has 0 nitrogen and oxygen atoms in total. The Bertz CT molecular complexity index is 614. The molecular weight excluding hydrogens is 294 g/mol. The summed E-state index contributed by atoms with van der Waals surface area (Å²) < 4.78 is 78.1. The first-order chi connectivity index (χ1) is 9.71. The third-order valence-corrected chi connectivity index (χ3v) is 2.96. The number of hydrogen-bond donors (Lipinski definition) is 0. The maximum atomic E-state index is 13.1. The highest BCUT2D eigenvalue weighted by Gasteiger charge is 2.38. The van der Waals surface area contributed by atoms with E-state index in [2.05, 4.69) is 0 Å². The van der Waals surface area contributed by atoms with Gasteiger partial charge >= 0.3 is 12.4 Å². The summed E-state index contributed by atoms with van der Waals surface area (Å²) in [4.78, 5) is 0. The molecule has 1 aromatic carbocycles. The smallest absolute Gasteiger partial charge is 0.166 e. The van der Waals surface area contributed by atoms with Gasteiger partial charge in [-0.3, -0.25) is 0 Å². The Balaban J connectivity index is 2.74. The van der Waals surface area contributed by atoms with Crippen molar-refractivity contribution in [2.24, 2.45) is 0 Å². The van der Waals surface area contributed by atoms with Crippen molar-refractivity contribution in [2.45, 2.75) is 18.8 Å². The van der Waals surface area contributed by atoms with Crippen LogP contribution in [0.1, 0.15) is 17.5 Å². The fourth-order valence-corrected chi connectivity index (χ4v) is 2.08. The molecule has 0 heterocycles. The van der Waals surface area contributed by atoms with Gasteiger partial charge < -0.3 is 0 Å². The Morgan fingerprint density at radius 2 is 1.38 bits per heavy atom. The van der Waals surface area contributed by atoms with Crippen molar-refractivity contribution in [3.05, 3.63) is 65.3 Å². The van der Waals surface area contributed by atoms with E-state index in [1.54, 1.807) is 0 Å². The molecule has 1 aliphatic rings. The lowest BCUT2D eigenvalue weighted by Crippen LogP contribution is -2.14. The lowest BCUT2D eigenvalue weighted by molar-refractivity contribution is -0.137. The van der Waals surface area contributed by atoms with Gasteiger partial charge in [-0.2, -0.15) is 26.3 Å². The molecule has 0 unspecified atom stereocenters. The van der Waals surface area contributed by atoms with Crippen molar-refractivity contribution in [3.63, 3.8) is 0 Å². The van der Waals surface area contributed by atoms with Gasteiger partial charge in [0.25, 0.3) is 0 Å². The molecule has 0 N–H and O–H groups in total. The maximum Gasteiger partial charge on any atom is 0.417 e. The first-order valence-corrected chi connectivity index (χ1v) is 6.02. The number of alkyl halides is 6. The average Bonchev–Trinajstić information content (AvgIpc) is 2.62. The zero-order valence-electron chi connectivity index (χ0n) is 10.6. The summed E-state index contributed by atoms with van der Waals surface area (Å²) in [6.07, 6.45) is -4.63. The SMILES string of the molecule is FC(F)(F)C1=C(c2ccccc2C(F)(F)F)C=CCC=C1. The van der Waals surface area contributed by atoms with E-state index in [9.17, 15) is 26.3 Å². The third kappa shape index (κ3) is 3.37. The number of halogens is 6. The quantitative estimate of drug-likeness (QED) is 0.598. The van der Waals surface area contributed by atoms with Crippen LogP contribution in [0.15, 0.2) is 54.1 Å². The molecule has 0 saturated carbocycles. The minimum atomic E-state index is -4.72. The number of rotatable bonds is 1. The van der Waals surface area contributed by atoms with Crippen LogP contribution in [0.2, 0.25) is 0 Å². The van der Waals surface area contributed by atoms with Crippen LogP contribution in [0.4, 0.5) is 26.3 Å². The molecule has 112 valence electrons. The molecule has 6 heteroatoms. The lowest BCUT2D eigenvalue weighted by atomic mass is 9.94. The molecule has 0 bridgehead atoms.